The van der Waals surface area contributed by atoms with Crippen molar-refractivity contribution in [3.63, 3.8) is 0 Å². The molecular weight excluding hydrogens is 735 g/mol. The van der Waals surface area contributed by atoms with Gasteiger partial charge in [0.2, 0.25) is 11.7 Å². The summed E-state index contributed by atoms with van der Waals surface area (Å²) in [6, 6.07) is 6.64. The van der Waals surface area contributed by atoms with E-state index in [0.717, 1.165) is 0 Å². The molecule has 0 saturated carbocycles. The number of anilines is 1. The van der Waals surface area contributed by atoms with Crippen molar-refractivity contribution in [1.29, 1.82) is 0 Å². The van der Waals surface area contributed by atoms with E-state index in [-0.39, 0.29) is 71.4 Å². The number of pyridine rings is 1. The molecule has 54 heavy (non-hydrogen) atoms. The second kappa shape index (κ2) is 13.8. The average molecular weight is 776 g/mol. The Morgan fingerprint density at radius 1 is 1.04 bits per heavy atom. The number of rotatable bonds is 7. The predicted octanol–water partition coefficient (Wildman–Crippen LogP) is 7.41. The number of nitrogens with zero attached hydrogens (tertiary/aromatic N) is 5. The van der Waals surface area contributed by atoms with Crippen molar-refractivity contribution in [2.45, 2.75) is 96.2 Å². The molecule has 1 N–H and O–H groups in total. The summed E-state index contributed by atoms with van der Waals surface area (Å²) < 4.78 is 71.0. The molecule has 2 saturated heterocycles. The fraction of sp³-hybridized carbons (Fsp3) is 0.514. The lowest BCUT2D eigenvalue weighted by Gasteiger charge is -2.42. The summed E-state index contributed by atoms with van der Waals surface area (Å²) in [6.07, 6.45) is -0.451. The third kappa shape index (κ3) is 7.57. The van der Waals surface area contributed by atoms with Gasteiger partial charge in [-0.2, -0.15) is 8.78 Å². The molecule has 1 aromatic carbocycles. The average Bonchev–Trinajstić information content (AvgIpc) is 3.66. The molecule has 6 rings (SSSR count). The summed E-state index contributed by atoms with van der Waals surface area (Å²) in [5, 5.41) is 9.86. The van der Waals surface area contributed by atoms with Gasteiger partial charge in [0, 0.05) is 43.4 Å². The topological polar surface area (TPSA) is 157 Å². The highest BCUT2D eigenvalue weighted by Crippen LogP contribution is 2.46. The smallest absolute Gasteiger partial charge is 0.410 e. The van der Waals surface area contributed by atoms with Gasteiger partial charge < -0.3 is 33.5 Å². The molecule has 290 valence electrons. The number of hydrogen-bond acceptors (Lipinski definition) is 11. The van der Waals surface area contributed by atoms with E-state index in [1.165, 1.54) is 22.1 Å². The van der Waals surface area contributed by atoms with Crippen LogP contribution < -0.4 is 9.64 Å². The molecule has 0 radical (unpaired) electrons. The predicted molar refractivity (Wildman–Crippen MR) is 190 cm³/mol. The third-order valence-electron chi connectivity index (χ3n) is 9.18. The molecule has 3 aromatic heterocycles. The lowest BCUT2D eigenvalue weighted by atomic mass is 9.79. The number of fused-ring (bicyclic) bond motifs is 3. The fourth-order valence-electron chi connectivity index (χ4n) is 6.70. The number of esters is 1. The zero-order valence-electron chi connectivity index (χ0n) is 30.8. The SMILES string of the molecule is C[C@H]1CN(C(=O)OC(C)(C)C)CC[C@]1(F)c1cc(Cl)cnc1O[C@H]1C[C@@H](C(=O)OC(C)(C)C)N(c2nc(C(F)(F)C(=O)O)nc3c2oc2ccccc23)C1. The maximum Gasteiger partial charge on any atom is 0.410 e. The number of ether oxygens (including phenoxy) is 3. The Morgan fingerprint density at radius 2 is 1.72 bits per heavy atom. The van der Waals surface area contributed by atoms with Crippen LogP contribution in [0.2, 0.25) is 5.02 Å². The highest BCUT2D eigenvalue weighted by molar-refractivity contribution is 6.30. The minimum absolute atomic E-state index is 0.0276. The number of halogens is 4. The number of aromatic nitrogens is 3. The minimum Gasteiger partial charge on any atom is -0.476 e. The maximum absolute atomic E-state index is 17.2. The second-order valence-electron chi connectivity index (χ2n) is 15.6. The molecule has 17 heteroatoms. The molecule has 13 nitrogen and oxygen atoms in total. The van der Waals surface area contributed by atoms with Crippen LogP contribution in [0.1, 0.15) is 72.7 Å². The highest BCUT2D eigenvalue weighted by Gasteiger charge is 2.50. The molecule has 2 aliphatic heterocycles. The quantitative estimate of drug-likeness (QED) is 0.186. The van der Waals surface area contributed by atoms with Crippen molar-refractivity contribution < 1.29 is 51.3 Å². The number of carbonyl (C=O) groups excluding carboxylic acids is 2. The normalized spacial score (nSPS) is 22.5. The number of aliphatic carboxylic acids is 1. The van der Waals surface area contributed by atoms with Gasteiger partial charge in [0.1, 0.15) is 40.1 Å². The summed E-state index contributed by atoms with van der Waals surface area (Å²) in [5.74, 6) is -10.2. The van der Waals surface area contributed by atoms with Gasteiger partial charge in [-0.25, -0.2) is 33.7 Å². The van der Waals surface area contributed by atoms with E-state index in [9.17, 15) is 19.5 Å². The number of benzene rings is 1. The van der Waals surface area contributed by atoms with Gasteiger partial charge in [-0.15, -0.1) is 0 Å². The van der Waals surface area contributed by atoms with Gasteiger partial charge in [-0.05, 0) is 59.7 Å². The Balaban J connectivity index is 1.39. The van der Waals surface area contributed by atoms with E-state index in [1.54, 1.807) is 72.7 Å². The number of alkyl halides is 3. The highest BCUT2D eigenvalue weighted by atomic mass is 35.5. The fourth-order valence-corrected chi connectivity index (χ4v) is 6.85. The number of carboxylic acid groups (broad SMARTS) is 1. The number of likely N-dealkylation sites (tertiary alicyclic amines) is 1. The zero-order chi connectivity index (χ0) is 39.5. The first-order chi connectivity index (χ1) is 25.1. The maximum atomic E-state index is 17.2. The molecule has 2 fully saturated rings. The zero-order valence-corrected chi connectivity index (χ0v) is 31.5. The summed E-state index contributed by atoms with van der Waals surface area (Å²) in [5.41, 5.74) is -3.63. The first kappa shape index (κ1) is 38.9. The van der Waals surface area contributed by atoms with Gasteiger partial charge in [-0.1, -0.05) is 30.7 Å². The monoisotopic (exact) mass is 775 g/mol. The van der Waals surface area contributed by atoms with Crippen LogP contribution >= 0.6 is 11.6 Å². The van der Waals surface area contributed by atoms with Crippen molar-refractivity contribution in [3.8, 4) is 5.88 Å². The van der Waals surface area contributed by atoms with E-state index in [1.807, 2.05) is 0 Å². The van der Waals surface area contributed by atoms with Crippen LogP contribution in [0.15, 0.2) is 40.9 Å². The lowest BCUT2D eigenvalue weighted by molar-refractivity contribution is -0.167. The molecule has 0 aliphatic carbocycles. The van der Waals surface area contributed by atoms with Crippen molar-refractivity contribution in [2.75, 3.05) is 24.5 Å². The standard InChI is InChI=1S/C37H41ClF3N5O8/c1-19-17-45(33(50)54-35(5,6)7)13-12-36(19,39)23-14-20(38)16-42-29(23)51-21-15-24(30(47)53-34(2,3)4)46(18-21)28-27-26(22-10-8-9-11-25(22)52-27)43-31(44-28)37(40,41)32(48)49/h8-11,14,16,19,21,24H,12-13,15,17-18H2,1-7H3,(H,48,49)/t19-,21-,24-,36+/m0/s1. The number of carboxylic acids is 1. The summed E-state index contributed by atoms with van der Waals surface area (Å²) >= 11 is 6.34. The van der Waals surface area contributed by atoms with Crippen LogP contribution in [0, 0.1) is 5.92 Å². The van der Waals surface area contributed by atoms with Crippen molar-refractivity contribution >= 4 is 57.5 Å². The molecule has 2 aliphatic rings. The van der Waals surface area contributed by atoms with Gasteiger partial charge in [-0.3, -0.25) is 0 Å². The first-order valence-electron chi connectivity index (χ1n) is 17.4. The van der Waals surface area contributed by atoms with Gasteiger partial charge in [0.05, 0.1) is 17.1 Å². The number of hydrogen-bond donors (Lipinski definition) is 1. The van der Waals surface area contributed by atoms with Crippen molar-refractivity contribution in [2.24, 2.45) is 5.92 Å². The number of para-hydroxylation sites is 1. The Kier molecular flexibility index (Phi) is 9.91. The molecule has 0 bridgehead atoms. The van der Waals surface area contributed by atoms with E-state index in [0.29, 0.717) is 5.39 Å². The Labute approximate surface area is 313 Å². The van der Waals surface area contributed by atoms with Crippen molar-refractivity contribution in [1.82, 2.24) is 19.9 Å². The van der Waals surface area contributed by atoms with Gasteiger partial charge in [0.15, 0.2) is 11.4 Å². The lowest BCUT2D eigenvalue weighted by Crippen LogP contribution is -2.50. The number of amides is 1. The molecule has 1 amide bonds. The van der Waals surface area contributed by atoms with Crippen LogP contribution in [0.5, 0.6) is 5.88 Å². The number of piperidine rings is 1. The summed E-state index contributed by atoms with van der Waals surface area (Å²) in [7, 11) is 0. The minimum atomic E-state index is -4.51. The van der Waals surface area contributed by atoms with E-state index >= 15 is 13.2 Å². The van der Waals surface area contributed by atoms with Crippen LogP contribution in [-0.2, 0) is 30.7 Å². The van der Waals surface area contributed by atoms with Crippen LogP contribution in [0.4, 0.5) is 23.8 Å². The summed E-state index contributed by atoms with van der Waals surface area (Å²) in [4.78, 5) is 53.3. The van der Waals surface area contributed by atoms with Crippen LogP contribution in [0.3, 0.4) is 0 Å². The molecule has 4 aromatic rings. The van der Waals surface area contributed by atoms with Crippen LogP contribution in [-0.4, -0.2) is 86.0 Å². The van der Waals surface area contributed by atoms with Crippen molar-refractivity contribution in [3.05, 3.63) is 52.9 Å². The summed E-state index contributed by atoms with van der Waals surface area (Å²) in [6.45, 7) is 11.7. The Bertz CT molecular complexity index is 2120. The molecule has 0 unspecified atom stereocenters. The second-order valence-corrected chi connectivity index (χ2v) is 16.1. The first-order valence-corrected chi connectivity index (χ1v) is 17.7. The Hall–Kier alpha value is -4.86. The Morgan fingerprint density at radius 3 is 2.37 bits per heavy atom. The molecule has 4 atom stereocenters. The number of carbonyl (C=O) groups is 3. The molecule has 0 spiro atoms. The van der Waals surface area contributed by atoms with Crippen LogP contribution in [0.25, 0.3) is 22.1 Å². The molecular formula is C37H41ClF3N5O8. The van der Waals surface area contributed by atoms with Gasteiger partial charge in [0.25, 0.3) is 0 Å². The largest absolute Gasteiger partial charge is 0.476 e. The molecule has 5 heterocycles. The van der Waals surface area contributed by atoms with E-state index < -0.39 is 64.7 Å². The van der Waals surface area contributed by atoms with E-state index in [4.69, 9.17) is 30.2 Å². The third-order valence-corrected chi connectivity index (χ3v) is 9.39. The number of furan rings is 1. The van der Waals surface area contributed by atoms with Gasteiger partial charge >= 0.3 is 24.0 Å². The van der Waals surface area contributed by atoms with E-state index in [2.05, 4.69) is 15.0 Å².